The van der Waals surface area contributed by atoms with E-state index in [1.807, 2.05) is 36.3 Å². The smallest absolute Gasteiger partial charge is 0.228 e. The number of hydrogen-bond donors (Lipinski definition) is 2. The molecule has 5 rings (SSSR count). The highest BCUT2D eigenvalue weighted by atomic mass is 16.5. The van der Waals surface area contributed by atoms with E-state index in [-0.39, 0.29) is 17.9 Å². The van der Waals surface area contributed by atoms with E-state index in [2.05, 4.69) is 33.8 Å². The molecule has 0 spiro atoms. The Morgan fingerprint density at radius 2 is 2.25 bits per heavy atom. The topological polar surface area (TPSA) is 85.5 Å². The number of rotatable bonds is 6. The van der Waals surface area contributed by atoms with Gasteiger partial charge in [-0.25, -0.2) is 4.52 Å². The quantitative estimate of drug-likeness (QED) is 0.683. The Balaban J connectivity index is 1.39. The Morgan fingerprint density at radius 1 is 1.39 bits per heavy atom. The average molecular weight is 380 g/mol. The van der Waals surface area contributed by atoms with Crippen molar-refractivity contribution >= 4 is 17.2 Å². The first-order valence-electron chi connectivity index (χ1n) is 9.75. The summed E-state index contributed by atoms with van der Waals surface area (Å²) in [5.41, 5.74) is 4.07. The minimum atomic E-state index is 0.0643. The normalized spacial score (nSPS) is 21.6. The van der Waals surface area contributed by atoms with Crippen molar-refractivity contribution in [3.8, 4) is 11.3 Å². The van der Waals surface area contributed by atoms with Crippen molar-refractivity contribution in [3.63, 3.8) is 0 Å². The Morgan fingerprint density at radius 3 is 2.96 bits per heavy atom. The van der Waals surface area contributed by atoms with Gasteiger partial charge in [0.1, 0.15) is 0 Å². The van der Waals surface area contributed by atoms with Crippen molar-refractivity contribution in [1.82, 2.24) is 24.7 Å². The lowest BCUT2D eigenvalue weighted by Crippen LogP contribution is -2.56. The first kappa shape index (κ1) is 17.4. The molecule has 3 aromatic rings. The van der Waals surface area contributed by atoms with Crippen molar-refractivity contribution < 1.29 is 9.53 Å². The predicted octanol–water partition coefficient (Wildman–Crippen LogP) is 1.96. The van der Waals surface area contributed by atoms with Crippen LogP contribution in [0.25, 0.3) is 16.8 Å². The van der Waals surface area contributed by atoms with Crippen molar-refractivity contribution in [2.75, 3.05) is 11.9 Å². The summed E-state index contributed by atoms with van der Waals surface area (Å²) in [4.78, 5) is 12.0. The molecule has 0 radical (unpaired) electrons. The second-order valence-corrected chi connectivity index (χ2v) is 7.77. The second kappa shape index (κ2) is 6.72. The van der Waals surface area contributed by atoms with Gasteiger partial charge >= 0.3 is 0 Å². The molecule has 8 heteroatoms. The van der Waals surface area contributed by atoms with Gasteiger partial charge in [0, 0.05) is 48.9 Å². The van der Waals surface area contributed by atoms with Crippen LogP contribution in [-0.2, 0) is 23.2 Å². The van der Waals surface area contributed by atoms with E-state index in [1.54, 1.807) is 4.52 Å². The lowest BCUT2D eigenvalue weighted by atomic mass is 10.1. The van der Waals surface area contributed by atoms with E-state index >= 15 is 0 Å². The van der Waals surface area contributed by atoms with Gasteiger partial charge in [0.15, 0.2) is 5.82 Å². The highest BCUT2D eigenvalue weighted by molar-refractivity contribution is 5.93. The lowest BCUT2D eigenvalue weighted by Gasteiger charge is -2.35. The molecule has 0 aromatic carbocycles. The number of nitrogens with zero attached hydrogens (tertiary/aromatic N) is 4. The van der Waals surface area contributed by atoms with Gasteiger partial charge in [0.05, 0.1) is 30.1 Å². The summed E-state index contributed by atoms with van der Waals surface area (Å²) >= 11 is 0. The van der Waals surface area contributed by atoms with Gasteiger partial charge < -0.3 is 15.4 Å². The van der Waals surface area contributed by atoms with Crippen LogP contribution in [-0.4, -0.2) is 44.0 Å². The molecule has 0 unspecified atom stereocenters. The zero-order chi connectivity index (χ0) is 19.3. The van der Waals surface area contributed by atoms with E-state index < -0.39 is 0 Å². The predicted molar refractivity (Wildman–Crippen MR) is 105 cm³/mol. The Labute approximate surface area is 162 Å². The van der Waals surface area contributed by atoms with Crippen molar-refractivity contribution in [1.29, 1.82) is 0 Å². The van der Waals surface area contributed by atoms with Crippen LogP contribution in [0.1, 0.15) is 25.3 Å². The summed E-state index contributed by atoms with van der Waals surface area (Å²) in [5, 5.41) is 15.1. The van der Waals surface area contributed by atoms with Gasteiger partial charge in [-0.15, -0.1) is 0 Å². The number of hydrogen-bond acceptors (Lipinski definition) is 5. The number of nitrogens with one attached hydrogen (secondary N) is 2. The fourth-order valence-electron chi connectivity index (χ4n) is 3.59. The van der Waals surface area contributed by atoms with Crippen molar-refractivity contribution in [3.05, 3.63) is 36.2 Å². The summed E-state index contributed by atoms with van der Waals surface area (Å²) < 4.78 is 9.69. The number of carbonyl (C=O) groups excluding carboxylic acids is 1. The summed E-state index contributed by atoms with van der Waals surface area (Å²) in [6, 6.07) is 6.37. The van der Waals surface area contributed by atoms with Gasteiger partial charge in [-0.3, -0.25) is 9.48 Å². The fourth-order valence-corrected chi connectivity index (χ4v) is 3.59. The summed E-state index contributed by atoms with van der Waals surface area (Å²) in [5.74, 6) is 0.814. The van der Waals surface area contributed by atoms with E-state index in [4.69, 9.17) is 4.74 Å². The molecule has 1 saturated heterocycles. The molecule has 3 aromatic heterocycles. The van der Waals surface area contributed by atoms with Crippen LogP contribution >= 0.6 is 0 Å². The number of aryl methyl sites for hydroxylation is 1. The van der Waals surface area contributed by atoms with Gasteiger partial charge in [-0.1, -0.05) is 0 Å². The number of ether oxygens (including phenoxy) is 1. The molecule has 146 valence electrons. The molecule has 1 amide bonds. The number of amides is 1. The molecule has 28 heavy (non-hydrogen) atoms. The van der Waals surface area contributed by atoms with Gasteiger partial charge in [-0.2, -0.15) is 10.2 Å². The minimum absolute atomic E-state index is 0.0643. The molecule has 8 nitrogen and oxygen atoms in total. The lowest BCUT2D eigenvalue weighted by molar-refractivity contribution is -0.117. The third kappa shape index (κ3) is 3.18. The second-order valence-electron chi connectivity index (χ2n) is 7.77. The molecule has 2 N–H and O–H groups in total. The van der Waals surface area contributed by atoms with E-state index in [1.165, 1.54) is 0 Å². The van der Waals surface area contributed by atoms with Gasteiger partial charge in [-0.05, 0) is 31.9 Å². The van der Waals surface area contributed by atoms with Crippen LogP contribution < -0.4 is 10.6 Å². The molecule has 2 aliphatic rings. The molecular formula is C20H24N6O2. The van der Waals surface area contributed by atoms with E-state index in [0.717, 1.165) is 41.7 Å². The fraction of sp³-hybridized carbons (Fsp3) is 0.450. The number of fused-ring (bicyclic) bond motifs is 1. The summed E-state index contributed by atoms with van der Waals surface area (Å²) in [6.07, 6.45) is 5.98. The summed E-state index contributed by atoms with van der Waals surface area (Å²) in [6.45, 7) is 3.56. The highest BCUT2D eigenvalue weighted by Gasteiger charge is 2.30. The Kier molecular flexibility index (Phi) is 4.17. The average Bonchev–Trinajstić information content (AvgIpc) is 3.36. The maximum Gasteiger partial charge on any atom is 0.228 e. The van der Waals surface area contributed by atoms with Crippen LogP contribution in [0.5, 0.6) is 0 Å². The maximum atomic E-state index is 12.0. The molecular weight excluding hydrogens is 356 g/mol. The zero-order valence-electron chi connectivity index (χ0n) is 16.1. The molecule has 0 bridgehead atoms. The molecule has 2 atom stereocenters. The van der Waals surface area contributed by atoms with Crippen molar-refractivity contribution in [2.45, 2.75) is 38.5 Å². The molecule has 1 aliphatic heterocycles. The third-order valence-electron chi connectivity index (χ3n) is 5.60. The number of carbonyl (C=O) groups is 1. The number of anilines is 1. The van der Waals surface area contributed by atoms with Crippen LogP contribution in [0.4, 0.5) is 5.82 Å². The first-order chi connectivity index (χ1) is 13.6. The van der Waals surface area contributed by atoms with Crippen LogP contribution in [0.3, 0.4) is 0 Å². The third-order valence-corrected chi connectivity index (χ3v) is 5.60. The monoisotopic (exact) mass is 380 g/mol. The van der Waals surface area contributed by atoms with Crippen LogP contribution in [0.15, 0.2) is 30.6 Å². The maximum absolute atomic E-state index is 12.0. The van der Waals surface area contributed by atoms with E-state index in [9.17, 15) is 4.79 Å². The van der Waals surface area contributed by atoms with Crippen molar-refractivity contribution in [2.24, 2.45) is 13.0 Å². The Bertz CT molecular complexity index is 1030. The van der Waals surface area contributed by atoms with E-state index in [0.29, 0.717) is 18.5 Å². The van der Waals surface area contributed by atoms with Gasteiger partial charge in [0.25, 0.3) is 0 Å². The standard InChI is InChI=1S/C20H24N6O2/c1-12-17(10-21-12)28-11-15-9-22-25(2)19(15)14-5-6-26-16(7-14)8-18(24-26)23-20(27)13-3-4-13/h5-9,12-13,17,21H,3-4,10-11H2,1-2H3,(H,23,24,27)/t12-,17+/m0/s1. The summed E-state index contributed by atoms with van der Waals surface area (Å²) in [7, 11) is 1.94. The molecule has 1 aliphatic carbocycles. The molecule has 4 heterocycles. The van der Waals surface area contributed by atoms with Crippen LogP contribution in [0, 0.1) is 5.92 Å². The largest absolute Gasteiger partial charge is 0.370 e. The molecule has 2 fully saturated rings. The minimum Gasteiger partial charge on any atom is -0.370 e. The van der Waals surface area contributed by atoms with Gasteiger partial charge in [0.2, 0.25) is 5.91 Å². The number of aromatic nitrogens is 4. The first-order valence-corrected chi connectivity index (χ1v) is 9.75. The Hall–Kier alpha value is -2.71. The zero-order valence-corrected chi connectivity index (χ0v) is 16.1. The molecule has 1 saturated carbocycles. The number of pyridine rings is 1. The van der Waals surface area contributed by atoms with Crippen LogP contribution in [0.2, 0.25) is 0 Å². The SMILES string of the molecule is C[C@@H]1NC[C@H]1OCc1cnn(C)c1-c1ccn2nc(NC(=O)C3CC3)cc2c1. The highest BCUT2D eigenvalue weighted by Crippen LogP contribution is 2.30.